The summed E-state index contributed by atoms with van der Waals surface area (Å²) in [5.41, 5.74) is 3.59. The Morgan fingerprint density at radius 1 is 1.16 bits per heavy atom. The fourth-order valence-electron chi connectivity index (χ4n) is 4.98. The summed E-state index contributed by atoms with van der Waals surface area (Å²) in [6, 6.07) is 3.69. The minimum atomic E-state index is -0.0945. The number of rotatable bonds is 4. The topological polar surface area (TPSA) is 100 Å². The zero-order valence-electron chi connectivity index (χ0n) is 18.1. The lowest BCUT2D eigenvalue weighted by molar-refractivity contribution is -0.132. The van der Waals surface area contributed by atoms with Gasteiger partial charge in [-0.1, -0.05) is 6.07 Å². The van der Waals surface area contributed by atoms with Crippen molar-refractivity contribution in [3.63, 3.8) is 0 Å². The number of imidazole rings is 2. The third-order valence-corrected chi connectivity index (χ3v) is 6.68. The normalized spacial score (nSPS) is 19.1. The van der Waals surface area contributed by atoms with E-state index in [0.717, 1.165) is 36.2 Å². The minimum Gasteiger partial charge on any atom is -0.348 e. The van der Waals surface area contributed by atoms with E-state index in [2.05, 4.69) is 19.9 Å². The number of aromatic amines is 1. The van der Waals surface area contributed by atoms with E-state index in [9.17, 15) is 9.59 Å². The highest BCUT2D eigenvalue weighted by molar-refractivity contribution is 5.93. The summed E-state index contributed by atoms with van der Waals surface area (Å²) < 4.78 is 1.76. The number of carbonyl (C=O) groups excluding carboxylic acids is 2. The molecule has 3 aromatic rings. The molecule has 0 spiro atoms. The summed E-state index contributed by atoms with van der Waals surface area (Å²) in [6.45, 7) is 2.02. The molecule has 5 heterocycles. The summed E-state index contributed by atoms with van der Waals surface area (Å²) in [4.78, 5) is 46.1. The molecule has 9 heteroatoms. The molecule has 0 saturated carbocycles. The van der Waals surface area contributed by atoms with Crippen LogP contribution in [-0.2, 0) is 24.7 Å². The van der Waals surface area contributed by atoms with Crippen LogP contribution in [0.4, 0.5) is 0 Å². The molecule has 9 nitrogen and oxygen atoms in total. The molecule has 2 aliphatic heterocycles. The lowest BCUT2D eigenvalue weighted by atomic mass is 9.83. The second-order valence-corrected chi connectivity index (χ2v) is 8.61. The first-order valence-corrected chi connectivity index (χ1v) is 11.1. The van der Waals surface area contributed by atoms with Crippen molar-refractivity contribution in [1.82, 2.24) is 34.3 Å². The van der Waals surface area contributed by atoms with Gasteiger partial charge in [-0.05, 0) is 30.4 Å². The molecular formula is C23H27N7O2. The van der Waals surface area contributed by atoms with Crippen molar-refractivity contribution >= 4 is 11.8 Å². The van der Waals surface area contributed by atoms with Gasteiger partial charge in [0, 0.05) is 51.2 Å². The van der Waals surface area contributed by atoms with Gasteiger partial charge in [-0.2, -0.15) is 0 Å². The number of likely N-dealkylation sites (tertiary alicyclic amines) is 1. The lowest BCUT2D eigenvalue weighted by Gasteiger charge is -2.43. The van der Waals surface area contributed by atoms with Gasteiger partial charge in [-0.15, -0.1) is 0 Å². The lowest BCUT2D eigenvalue weighted by Crippen LogP contribution is -2.47. The minimum absolute atomic E-state index is 0.0151. The molecule has 0 bridgehead atoms. The molecule has 1 saturated heterocycles. The summed E-state index contributed by atoms with van der Waals surface area (Å²) in [5, 5.41) is 0. The Balaban J connectivity index is 1.32. The average Bonchev–Trinajstić information content (AvgIpc) is 3.47. The molecule has 5 rings (SSSR count). The highest BCUT2D eigenvalue weighted by atomic mass is 16.2. The van der Waals surface area contributed by atoms with Crippen LogP contribution in [0.15, 0.2) is 43.4 Å². The van der Waals surface area contributed by atoms with Gasteiger partial charge in [0.05, 0.1) is 37.0 Å². The van der Waals surface area contributed by atoms with Gasteiger partial charge in [0.25, 0.3) is 5.91 Å². The second-order valence-electron chi connectivity index (χ2n) is 8.61. The Hall–Kier alpha value is -3.49. The Kier molecular flexibility index (Phi) is 5.46. The van der Waals surface area contributed by atoms with Crippen molar-refractivity contribution in [3.05, 3.63) is 66.0 Å². The van der Waals surface area contributed by atoms with Crippen molar-refractivity contribution in [3.8, 4) is 0 Å². The Labute approximate surface area is 186 Å². The smallest absolute Gasteiger partial charge is 0.272 e. The number of carbonyl (C=O) groups is 2. The van der Waals surface area contributed by atoms with Gasteiger partial charge < -0.3 is 19.4 Å². The first-order valence-electron chi connectivity index (χ1n) is 11.1. The third kappa shape index (κ3) is 3.79. The standard InChI is InChI=1S/C23H27N7O2/c1-28-15-25-13-19(28)23(32)30-10-6-18-21(27-14-26-18)22(30)17-4-8-29(9-5-17)20(31)11-16-3-2-7-24-12-16/h2-3,7,12-15,17,22H,4-6,8-11H2,1H3,(H,26,27). The number of nitrogens with one attached hydrogen (secondary N) is 1. The maximum absolute atomic E-state index is 13.4. The number of hydrogen-bond acceptors (Lipinski definition) is 5. The van der Waals surface area contributed by atoms with E-state index in [1.165, 1.54) is 0 Å². The number of amides is 2. The van der Waals surface area contributed by atoms with E-state index in [1.807, 2.05) is 29.0 Å². The monoisotopic (exact) mass is 433 g/mol. The van der Waals surface area contributed by atoms with Crippen molar-refractivity contribution in [2.45, 2.75) is 31.7 Å². The molecule has 32 heavy (non-hydrogen) atoms. The molecule has 0 aromatic carbocycles. The number of piperidine rings is 1. The SMILES string of the molecule is Cn1cncc1C(=O)N1CCc2[nH]cnc2C1C1CCN(C(=O)Cc2cccnc2)CC1. The Bertz CT molecular complexity index is 1100. The van der Waals surface area contributed by atoms with Crippen LogP contribution >= 0.6 is 0 Å². The maximum atomic E-state index is 13.4. The van der Waals surface area contributed by atoms with Crippen molar-refractivity contribution in [1.29, 1.82) is 0 Å². The quantitative estimate of drug-likeness (QED) is 0.676. The van der Waals surface area contributed by atoms with E-state index in [0.29, 0.717) is 31.7 Å². The van der Waals surface area contributed by atoms with Gasteiger partial charge in [0.1, 0.15) is 5.69 Å². The van der Waals surface area contributed by atoms with Crippen LogP contribution in [-0.4, -0.2) is 65.8 Å². The summed E-state index contributed by atoms with van der Waals surface area (Å²) in [5.74, 6) is 0.360. The second kappa shape index (κ2) is 8.57. The third-order valence-electron chi connectivity index (χ3n) is 6.68. The summed E-state index contributed by atoms with van der Waals surface area (Å²) in [6.07, 6.45) is 11.3. The van der Waals surface area contributed by atoms with E-state index in [-0.39, 0.29) is 23.8 Å². The number of H-pyrrole nitrogens is 1. The summed E-state index contributed by atoms with van der Waals surface area (Å²) in [7, 11) is 1.84. The number of fused-ring (bicyclic) bond motifs is 1. The van der Waals surface area contributed by atoms with Gasteiger partial charge >= 0.3 is 0 Å². The molecule has 2 amide bonds. The maximum Gasteiger partial charge on any atom is 0.272 e. The van der Waals surface area contributed by atoms with E-state index < -0.39 is 0 Å². The Morgan fingerprint density at radius 2 is 2.00 bits per heavy atom. The van der Waals surface area contributed by atoms with Crippen molar-refractivity contribution < 1.29 is 9.59 Å². The molecule has 3 aromatic heterocycles. The molecule has 0 aliphatic carbocycles. The van der Waals surface area contributed by atoms with Gasteiger partial charge in [-0.3, -0.25) is 14.6 Å². The van der Waals surface area contributed by atoms with Gasteiger partial charge in [0.15, 0.2) is 0 Å². The van der Waals surface area contributed by atoms with Crippen LogP contribution in [0.25, 0.3) is 0 Å². The van der Waals surface area contributed by atoms with Crippen molar-refractivity contribution in [2.75, 3.05) is 19.6 Å². The van der Waals surface area contributed by atoms with Crippen LogP contribution in [0.3, 0.4) is 0 Å². The molecule has 166 valence electrons. The summed E-state index contributed by atoms with van der Waals surface area (Å²) >= 11 is 0. The molecule has 1 fully saturated rings. The fraction of sp³-hybridized carbons (Fsp3) is 0.435. The molecular weight excluding hydrogens is 406 g/mol. The van der Waals surface area contributed by atoms with Gasteiger partial charge in [0.2, 0.25) is 5.91 Å². The first kappa shape index (κ1) is 20.4. The van der Waals surface area contributed by atoms with Crippen LogP contribution < -0.4 is 0 Å². The number of hydrogen-bond donors (Lipinski definition) is 1. The van der Waals surface area contributed by atoms with Crippen LogP contribution in [0, 0.1) is 5.92 Å². The first-order chi connectivity index (χ1) is 15.6. The van der Waals surface area contributed by atoms with Crippen LogP contribution in [0.2, 0.25) is 0 Å². The molecule has 2 aliphatic rings. The predicted molar refractivity (Wildman–Crippen MR) is 117 cm³/mol. The molecule has 1 N–H and O–H groups in total. The number of aryl methyl sites for hydroxylation is 1. The molecule has 0 radical (unpaired) electrons. The number of aromatic nitrogens is 5. The Morgan fingerprint density at radius 3 is 2.72 bits per heavy atom. The fourth-order valence-corrected chi connectivity index (χ4v) is 4.98. The van der Waals surface area contributed by atoms with E-state index in [4.69, 9.17) is 0 Å². The molecule has 1 unspecified atom stereocenters. The van der Waals surface area contributed by atoms with Crippen molar-refractivity contribution in [2.24, 2.45) is 13.0 Å². The number of nitrogens with zero attached hydrogens (tertiary/aromatic N) is 6. The largest absolute Gasteiger partial charge is 0.348 e. The predicted octanol–water partition coefficient (Wildman–Crippen LogP) is 1.76. The highest BCUT2D eigenvalue weighted by Crippen LogP contribution is 2.39. The molecule has 1 atom stereocenters. The zero-order chi connectivity index (χ0) is 22.1. The zero-order valence-corrected chi connectivity index (χ0v) is 18.1. The van der Waals surface area contributed by atoms with E-state index >= 15 is 0 Å². The van der Waals surface area contributed by atoms with E-state index in [1.54, 1.807) is 35.8 Å². The number of pyridine rings is 1. The highest BCUT2D eigenvalue weighted by Gasteiger charge is 2.40. The average molecular weight is 434 g/mol. The van der Waals surface area contributed by atoms with Gasteiger partial charge in [-0.25, -0.2) is 9.97 Å². The van der Waals surface area contributed by atoms with Crippen LogP contribution in [0.5, 0.6) is 0 Å². The van der Waals surface area contributed by atoms with Crippen LogP contribution in [0.1, 0.15) is 46.3 Å².